The van der Waals surface area contributed by atoms with Crippen molar-refractivity contribution in [1.82, 2.24) is 20.4 Å². The Bertz CT molecular complexity index is 700. The number of anilines is 1. The third-order valence-corrected chi connectivity index (χ3v) is 4.59. The molecule has 0 saturated carbocycles. The standard InChI is InChI=1S/C20H30N6.HI/c1-3-21-20(22-11-13-26-15-17(2)14-23-26)24-18-8-7-12-25(16-18)19-9-5-4-6-10-19;/h4-6,9-10,14-15,18H,3,7-8,11-13,16H2,1-2H3,(H2,21,22,24);1H. The molecule has 1 aromatic heterocycles. The van der Waals surface area contributed by atoms with Gasteiger partial charge in [0.05, 0.1) is 19.3 Å². The quantitative estimate of drug-likeness (QED) is 0.378. The lowest BCUT2D eigenvalue weighted by Crippen LogP contribution is -2.51. The highest BCUT2D eigenvalue weighted by molar-refractivity contribution is 14.0. The molecule has 2 aromatic rings. The van der Waals surface area contributed by atoms with Crippen LogP contribution in [0.3, 0.4) is 0 Å². The molecule has 1 aliphatic rings. The van der Waals surface area contributed by atoms with Gasteiger partial charge < -0.3 is 15.5 Å². The predicted octanol–water partition coefficient (Wildman–Crippen LogP) is 3.03. The van der Waals surface area contributed by atoms with Crippen molar-refractivity contribution in [3.05, 3.63) is 48.3 Å². The van der Waals surface area contributed by atoms with E-state index < -0.39 is 0 Å². The SMILES string of the molecule is CCNC(=NCCn1cc(C)cn1)NC1CCCN(c2ccccc2)C1.I. The van der Waals surface area contributed by atoms with Gasteiger partial charge in [-0.05, 0) is 44.4 Å². The maximum absolute atomic E-state index is 4.72. The molecule has 1 atom stereocenters. The highest BCUT2D eigenvalue weighted by Crippen LogP contribution is 2.19. The minimum Gasteiger partial charge on any atom is -0.369 e. The summed E-state index contributed by atoms with van der Waals surface area (Å²) >= 11 is 0. The molecule has 1 saturated heterocycles. The Labute approximate surface area is 179 Å². The van der Waals surface area contributed by atoms with Gasteiger partial charge in [-0.15, -0.1) is 24.0 Å². The number of rotatable bonds is 6. The Hall–Kier alpha value is -1.77. The number of piperidine rings is 1. The number of guanidine groups is 1. The normalized spacial score (nSPS) is 17.3. The first kappa shape index (κ1) is 21.5. The van der Waals surface area contributed by atoms with E-state index in [9.17, 15) is 0 Å². The van der Waals surface area contributed by atoms with Crippen molar-refractivity contribution in [3.63, 3.8) is 0 Å². The molecule has 6 nitrogen and oxygen atoms in total. The van der Waals surface area contributed by atoms with E-state index >= 15 is 0 Å². The van der Waals surface area contributed by atoms with Crippen molar-refractivity contribution in [2.24, 2.45) is 4.99 Å². The van der Waals surface area contributed by atoms with Crippen LogP contribution in [0, 0.1) is 6.92 Å². The lowest BCUT2D eigenvalue weighted by atomic mass is 10.1. The molecule has 1 fully saturated rings. The van der Waals surface area contributed by atoms with Gasteiger partial charge in [0, 0.05) is 37.6 Å². The number of aromatic nitrogens is 2. The zero-order chi connectivity index (χ0) is 18.2. The molecule has 7 heteroatoms. The van der Waals surface area contributed by atoms with E-state index in [0.29, 0.717) is 12.6 Å². The van der Waals surface area contributed by atoms with E-state index in [-0.39, 0.29) is 24.0 Å². The second-order valence-electron chi connectivity index (χ2n) is 6.81. The largest absolute Gasteiger partial charge is 0.369 e. The van der Waals surface area contributed by atoms with Gasteiger partial charge in [0.15, 0.2) is 5.96 Å². The first-order valence-electron chi connectivity index (χ1n) is 9.58. The fourth-order valence-corrected chi connectivity index (χ4v) is 3.34. The summed E-state index contributed by atoms with van der Waals surface area (Å²) in [6, 6.07) is 11.1. The fraction of sp³-hybridized carbons (Fsp3) is 0.500. The average molecular weight is 482 g/mol. The number of hydrogen-bond acceptors (Lipinski definition) is 3. The van der Waals surface area contributed by atoms with Crippen LogP contribution in [-0.2, 0) is 6.54 Å². The highest BCUT2D eigenvalue weighted by Gasteiger charge is 2.20. The van der Waals surface area contributed by atoms with Crippen LogP contribution in [0.25, 0.3) is 0 Å². The Morgan fingerprint density at radius 3 is 2.81 bits per heavy atom. The average Bonchev–Trinajstić information content (AvgIpc) is 3.08. The van der Waals surface area contributed by atoms with E-state index in [1.165, 1.54) is 24.1 Å². The lowest BCUT2D eigenvalue weighted by Gasteiger charge is -2.35. The Morgan fingerprint density at radius 2 is 2.11 bits per heavy atom. The molecule has 2 heterocycles. The minimum absolute atomic E-state index is 0. The molecule has 1 aromatic carbocycles. The topological polar surface area (TPSA) is 57.5 Å². The number of benzene rings is 1. The summed E-state index contributed by atoms with van der Waals surface area (Å²) in [5, 5.41) is 11.3. The molecule has 0 spiro atoms. The van der Waals surface area contributed by atoms with Gasteiger partial charge in [-0.2, -0.15) is 5.10 Å². The van der Waals surface area contributed by atoms with E-state index in [1.807, 2.05) is 10.9 Å². The maximum atomic E-state index is 4.72. The molecular weight excluding hydrogens is 451 g/mol. The first-order valence-corrected chi connectivity index (χ1v) is 9.58. The van der Waals surface area contributed by atoms with Gasteiger partial charge in [0.2, 0.25) is 0 Å². The number of aryl methyl sites for hydroxylation is 1. The molecule has 0 amide bonds. The number of nitrogens with one attached hydrogen (secondary N) is 2. The van der Waals surface area contributed by atoms with Crippen LogP contribution in [-0.4, -0.2) is 48.0 Å². The first-order chi connectivity index (χ1) is 12.7. The van der Waals surface area contributed by atoms with Gasteiger partial charge in [-0.25, -0.2) is 0 Å². The molecular formula is C20H31IN6. The second kappa shape index (κ2) is 11.2. The summed E-state index contributed by atoms with van der Waals surface area (Å²) in [7, 11) is 0. The third-order valence-electron chi connectivity index (χ3n) is 4.59. The van der Waals surface area contributed by atoms with Crippen molar-refractivity contribution in [3.8, 4) is 0 Å². The summed E-state index contributed by atoms with van der Waals surface area (Å²) in [5.41, 5.74) is 2.48. The smallest absolute Gasteiger partial charge is 0.191 e. The third kappa shape index (κ3) is 6.71. The van der Waals surface area contributed by atoms with Crippen LogP contribution in [0.2, 0.25) is 0 Å². The van der Waals surface area contributed by atoms with E-state index in [1.54, 1.807) is 0 Å². The number of hydrogen-bond donors (Lipinski definition) is 2. The summed E-state index contributed by atoms with van der Waals surface area (Å²) in [4.78, 5) is 7.18. The van der Waals surface area contributed by atoms with Gasteiger partial charge in [0.25, 0.3) is 0 Å². The van der Waals surface area contributed by atoms with Crippen LogP contribution in [0.4, 0.5) is 5.69 Å². The molecule has 2 N–H and O–H groups in total. The maximum Gasteiger partial charge on any atom is 0.191 e. The highest BCUT2D eigenvalue weighted by atomic mass is 127. The summed E-state index contributed by atoms with van der Waals surface area (Å²) in [6.45, 7) is 8.66. The number of halogens is 1. The van der Waals surface area contributed by atoms with Crippen molar-refractivity contribution in [1.29, 1.82) is 0 Å². The number of nitrogens with zero attached hydrogens (tertiary/aromatic N) is 4. The number of aliphatic imine (C=N–C) groups is 1. The van der Waals surface area contributed by atoms with E-state index in [2.05, 4.69) is 71.0 Å². The zero-order valence-electron chi connectivity index (χ0n) is 16.3. The lowest BCUT2D eigenvalue weighted by molar-refractivity contribution is 0.467. The van der Waals surface area contributed by atoms with Crippen molar-refractivity contribution in [2.45, 2.75) is 39.3 Å². The molecule has 1 unspecified atom stereocenters. The molecule has 1 aliphatic heterocycles. The Morgan fingerprint density at radius 1 is 1.30 bits per heavy atom. The van der Waals surface area contributed by atoms with Crippen molar-refractivity contribution >= 4 is 35.6 Å². The van der Waals surface area contributed by atoms with Gasteiger partial charge in [-0.3, -0.25) is 9.67 Å². The van der Waals surface area contributed by atoms with Crippen LogP contribution in [0.5, 0.6) is 0 Å². The van der Waals surface area contributed by atoms with Crippen LogP contribution >= 0.6 is 24.0 Å². The van der Waals surface area contributed by atoms with Crippen molar-refractivity contribution in [2.75, 3.05) is 31.1 Å². The zero-order valence-corrected chi connectivity index (χ0v) is 18.6. The molecule has 0 bridgehead atoms. The van der Waals surface area contributed by atoms with Gasteiger partial charge >= 0.3 is 0 Å². The van der Waals surface area contributed by atoms with Crippen LogP contribution in [0.15, 0.2) is 47.7 Å². The number of para-hydroxylation sites is 1. The van der Waals surface area contributed by atoms with Crippen LogP contribution < -0.4 is 15.5 Å². The van der Waals surface area contributed by atoms with E-state index in [4.69, 9.17) is 4.99 Å². The molecule has 3 rings (SSSR count). The van der Waals surface area contributed by atoms with Gasteiger partial charge in [-0.1, -0.05) is 18.2 Å². The summed E-state index contributed by atoms with van der Waals surface area (Å²) < 4.78 is 1.94. The van der Waals surface area contributed by atoms with Gasteiger partial charge in [0.1, 0.15) is 0 Å². The molecule has 27 heavy (non-hydrogen) atoms. The molecule has 0 radical (unpaired) electrons. The Balaban J connectivity index is 0.00000261. The predicted molar refractivity (Wildman–Crippen MR) is 123 cm³/mol. The minimum atomic E-state index is 0. The van der Waals surface area contributed by atoms with Crippen molar-refractivity contribution < 1.29 is 0 Å². The second-order valence-corrected chi connectivity index (χ2v) is 6.81. The summed E-state index contributed by atoms with van der Waals surface area (Å²) in [6.07, 6.45) is 6.30. The van der Waals surface area contributed by atoms with Crippen LogP contribution in [0.1, 0.15) is 25.3 Å². The monoisotopic (exact) mass is 482 g/mol. The Kier molecular flexibility index (Phi) is 8.90. The van der Waals surface area contributed by atoms with E-state index in [0.717, 1.165) is 32.1 Å². The summed E-state index contributed by atoms with van der Waals surface area (Å²) in [5.74, 6) is 0.899. The molecule has 0 aliphatic carbocycles. The molecule has 148 valence electrons. The fourth-order valence-electron chi connectivity index (χ4n) is 3.34.